The topological polar surface area (TPSA) is 38.7 Å². The van der Waals surface area contributed by atoms with Crippen LogP contribution in [0.2, 0.25) is 0 Å². The fourth-order valence-electron chi connectivity index (χ4n) is 0.994. The monoisotopic (exact) mass is 245 g/mol. The van der Waals surface area contributed by atoms with Gasteiger partial charge in [0.1, 0.15) is 5.01 Å². The number of hydrogen-bond acceptors (Lipinski definition) is 5. The average Bonchev–Trinajstić information content (AvgIpc) is 2.71. The molecule has 14 heavy (non-hydrogen) atoms. The first-order valence-electron chi connectivity index (χ1n) is 4.06. The number of thiazole rings is 1. The van der Waals surface area contributed by atoms with Gasteiger partial charge in [0.05, 0.1) is 21.5 Å². The summed E-state index contributed by atoms with van der Waals surface area (Å²) in [7, 11) is 0. The minimum atomic E-state index is -0.0746. The van der Waals surface area contributed by atoms with Crippen LogP contribution >= 0.6 is 34.3 Å². The fourth-order valence-corrected chi connectivity index (χ4v) is 2.89. The van der Waals surface area contributed by atoms with E-state index in [1.54, 1.807) is 11.3 Å². The summed E-state index contributed by atoms with van der Waals surface area (Å²) < 4.78 is 0. The Labute approximate surface area is 94.8 Å². The third kappa shape index (κ3) is 1.80. The summed E-state index contributed by atoms with van der Waals surface area (Å²) in [5, 5.41) is 9.81. The van der Waals surface area contributed by atoms with Crippen LogP contribution in [0.3, 0.4) is 0 Å². The van der Waals surface area contributed by atoms with Gasteiger partial charge in [-0.1, -0.05) is 11.3 Å². The van der Waals surface area contributed by atoms with E-state index in [-0.39, 0.29) is 5.38 Å². The fraction of sp³-hybridized carbons (Fsp3) is 0.375. The molecule has 0 aromatic carbocycles. The first-order valence-corrected chi connectivity index (χ1v) is 6.19. The van der Waals surface area contributed by atoms with E-state index >= 15 is 0 Å². The summed E-state index contributed by atoms with van der Waals surface area (Å²) in [6, 6.07) is 0. The van der Waals surface area contributed by atoms with Gasteiger partial charge in [-0.2, -0.15) is 0 Å². The maximum Gasteiger partial charge on any atom is 0.159 e. The van der Waals surface area contributed by atoms with E-state index in [0.29, 0.717) is 0 Å². The average molecular weight is 246 g/mol. The highest BCUT2D eigenvalue weighted by atomic mass is 35.5. The molecule has 2 aromatic heterocycles. The van der Waals surface area contributed by atoms with Gasteiger partial charge in [-0.3, -0.25) is 0 Å². The molecule has 0 fully saturated rings. The van der Waals surface area contributed by atoms with Crippen molar-refractivity contribution in [1.29, 1.82) is 0 Å². The first kappa shape index (κ1) is 10.0. The van der Waals surface area contributed by atoms with Gasteiger partial charge in [0.15, 0.2) is 5.01 Å². The first-order chi connectivity index (χ1) is 6.68. The summed E-state index contributed by atoms with van der Waals surface area (Å²) >= 11 is 9.02. The number of rotatable bonds is 2. The van der Waals surface area contributed by atoms with Crippen molar-refractivity contribution in [2.75, 3.05) is 0 Å². The molecule has 2 aromatic rings. The lowest BCUT2D eigenvalue weighted by Crippen LogP contribution is -1.80. The largest absolute Gasteiger partial charge is 0.249 e. The third-order valence-electron chi connectivity index (χ3n) is 1.72. The Morgan fingerprint density at radius 1 is 1.43 bits per heavy atom. The number of aromatic nitrogens is 3. The molecule has 0 N–H and O–H groups in total. The molecule has 74 valence electrons. The van der Waals surface area contributed by atoms with E-state index in [1.165, 1.54) is 11.3 Å². The molecule has 0 bridgehead atoms. The predicted molar refractivity (Wildman–Crippen MR) is 60.0 cm³/mol. The van der Waals surface area contributed by atoms with Gasteiger partial charge in [0.25, 0.3) is 0 Å². The van der Waals surface area contributed by atoms with Crippen molar-refractivity contribution in [2.45, 2.75) is 19.2 Å². The zero-order chi connectivity index (χ0) is 10.1. The van der Waals surface area contributed by atoms with Crippen molar-refractivity contribution < 1.29 is 0 Å². The Hall–Kier alpha value is -0.520. The van der Waals surface area contributed by atoms with Crippen LogP contribution in [0, 0.1) is 6.92 Å². The molecule has 1 atom stereocenters. The van der Waals surface area contributed by atoms with E-state index in [9.17, 15) is 0 Å². The van der Waals surface area contributed by atoms with Crippen LogP contribution in [0.4, 0.5) is 0 Å². The molecule has 0 aliphatic carbocycles. The lowest BCUT2D eigenvalue weighted by Gasteiger charge is -1.91. The van der Waals surface area contributed by atoms with Crippen molar-refractivity contribution in [3.05, 3.63) is 16.2 Å². The van der Waals surface area contributed by atoms with Crippen LogP contribution in [0.15, 0.2) is 5.51 Å². The number of aryl methyl sites for hydroxylation is 1. The highest BCUT2D eigenvalue weighted by molar-refractivity contribution is 7.20. The Morgan fingerprint density at radius 3 is 2.71 bits per heavy atom. The highest BCUT2D eigenvalue weighted by Gasteiger charge is 2.13. The summed E-state index contributed by atoms with van der Waals surface area (Å²) in [5.41, 5.74) is 2.82. The molecule has 1 unspecified atom stereocenters. The Kier molecular flexibility index (Phi) is 2.80. The van der Waals surface area contributed by atoms with Crippen LogP contribution in [-0.4, -0.2) is 15.2 Å². The number of nitrogens with zero attached hydrogens (tertiary/aromatic N) is 3. The van der Waals surface area contributed by atoms with Gasteiger partial charge in [0, 0.05) is 0 Å². The van der Waals surface area contributed by atoms with Gasteiger partial charge < -0.3 is 0 Å². The molecule has 2 heterocycles. The molecule has 0 saturated heterocycles. The second kappa shape index (κ2) is 3.92. The molecule has 6 heteroatoms. The van der Waals surface area contributed by atoms with Crippen molar-refractivity contribution in [1.82, 2.24) is 15.2 Å². The van der Waals surface area contributed by atoms with Crippen LogP contribution in [0.25, 0.3) is 9.88 Å². The van der Waals surface area contributed by atoms with Crippen LogP contribution < -0.4 is 0 Å². The Bertz CT molecular complexity index is 435. The maximum atomic E-state index is 5.91. The minimum absolute atomic E-state index is 0.0746. The van der Waals surface area contributed by atoms with Crippen molar-refractivity contribution in [3.8, 4) is 9.88 Å². The van der Waals surface area contributed by atoms with E-state index in [0.717, 1.165) is 20.6 Å². The van der Waals surface area contributed by atoms with Crippen LogP contribution in [0.1, 0.15) is 23.0 Å². The third-order valence-corrected chi connectivity index (χ3v) is 4.24. The van der Waals surface area contributed by atoms with E-state index < -0.39 is 0 Å². The molecule has 0 radical (unpaired) electrons. The summed E-state index contributed by atoms with van der Waals surface area (Å²) in [6.07, 6.45) is 0. The van der Waals surface area contributed by atoms with Gasteiger partial charge >= 0.3 is 0 Å². The lowest BCUT2D eigenvalue weighted by atomic mass is 10.4. The molecular formula is C8H8ClN3S2. The quantitative estimate of drug-likeness (QED) is 0.763. The van der Waals surface area contributed by atoms with E-state index in [2.05, 4.69) is 15.2 Å². The Balaban J connectivity index is 2.39. The summed E-state index contributed by atoms with van der Waals surface area (Å²) in [6.45, 7) is 3.86. The van der Waals surface area contributed by atoms with Gasteiger partial charge in [-0.25, -0.2) is 4.98 Å². The summed E-state index contributed by atoms with van der Waals surface area (Å²) in [5.74, 6) is 0. The zero-order valence-electron chi connectivity index (χ0n) is 7.69. The van der Waals surface area contributed by atoms with Gasteiger partial charge in [0.2, 0.25) is 0 Å². The van der Waals surface area contributed by atoms with Crippen LogP contribution in [-0.2, 0) is 0 Å². The second-order valence-corrected chi connectivity index (χ2v) is 5.35. The zero-order valence-corrected chi connectivity index (χ0v) is 10.1. The van der Waals surface area contributed by atoms with Crippen LogP contribution in [0.5, 0.6) is 0 Å². The number of hydrogen-bond donors (Lipinski definition) is 0. The molecule has 0 aliphatic heterocycles. The standard InChI is InChI=1S/C8H8ClN3S2/c1-4(9)7-11-12-8(14-7)6-5(2)10-3-13-6/h3-4H,1-2H3. The Morgan fingerprint density at radius 2 is 2.21 bits per heavy atom. The van der Waals surface area contributed by atoms with Gasteiger partial charge in [-0.05, 0) is 13.8 Å². The molecular weight excluding hydrogens is 238 g/mol. The molecule has 0 amide bonds. The minimum Gasteiger partial charge on any atom is -0.249 e. The molecule has 0 aliphatic rings. The number of alkyl halides is 1. The van der Waals surface area contributed by atoms with Crippen molar-refractivity contribution in [3.63, 3.8) is 0 Å². The molecule has 3 nitrogen and oxygen atoms in total. The summed E-state index contributed by atoms with van der Waals surface area (Å²) in [4.78, 5) is 5.26. The van der Waals surface area contributed by atoms with Gasteiger partial charge in [-0.15, -0.1) is 33.1 Å². The normalized spacial score (nSPS) is 13.1. The highest BCUT2D eigenvalue weighted by Crippen LogP contribution is 2.32. The smallest absolute Gasteiger partial charge is 0.159 e. The second-order valence-electron chi connectivity index (χ2n) is 2.83. The molecule has 0 saturated carbocycles. The van der Waals surface area contributed by atoms with Crippen molar-refractivity contribution >= 4 is 34.3 Å². The SMILES string of the molecule is Cc1ncsc1-c1nnc(C(C)Cl)s1. The van der Waals surface area contributed by atoms with E-state index in [1.807, 2.05) is 19.4 Å². The molecule has 2 rings (SSSR count). The maximum absolute atomic E-state index is 5.91. The predicted octanol–water partition coefficient (Wildman–Crippen LogP) is 3.27. The molecule has 0 spiro atoms. The lowest BCUT2D eigenvalue weighted by molar-refractivity contribution is 0.962. The van der Waals surface area contributed by atoms with E-state index in [4.69, 9.17) is 11.6 Å². The number of halogens is 1. The van der Waals surface area contributed by atoms with Crippen molar-refractivity contribution in [2.24, 2.45) is 0 Å².